The van der Waals surface area contributed by atoms with Crippen LogP contribution in [0, 0.1) is 13.8 Å². The number of nitrogens with zero attached hydrogens (tertiary/aromatic N) is 1. The van der Waals surface area contributed by atoms with E-state index in [1.54, 1.807) is 28.8 Å². The molecular formula is C30H25ClN2O5. The van der Waals surface area contributed by atoms with Gasteiger partial charge in [-0.3, -0.25) is 4.79 Å². The van der Waals surface area contributed by atoms with Gasteiger partial charge in [0.05, 0.1) is 31.4 Å². The van der Waals surface area contributed by atoms with Crippen LogP contribution in [0.1, 0.15) is 49.0 Å². The summed E-state index contributed by atoms with van der Waals surface area (Å²) in [6.07, 6.45) is 0. The number of nitrogens with one attached hydrogen (secondary N) is 1. The van der Waals surface area contributed by atoms with Crippen molar-refractivity contribution in [1.82, 2.24) is 4.57 Å². The summed E-state index contributed by atoms with van der Waals surface area (Å²) in [5.74, 6) is -2.70. The third-order valence-corrected chi connectivity index (χ3v) is 6.97. The summed E-state index contributed by atoms with van der Waals surface area (Å²) in [6, 6.07) is 20.2. The molecule has 1 amide bonds. The molecule has 1 unspecified atom stereocenters. The van der Waals surface area contributed by atoms with E-state index in [9.17, 15) is 14.4 Å². The fourth-order valence-corrected chi connectivity index (χ4v) is 5.11. The third kappa shape index (κ3) is 4.15. The van der Waals surface area contributed by atoms with Gasteiger partial charge in [-0.05, 0) is 55.3 Å². The van der Waals surface area contributed by atoms with E-state index in [0.717, 1.165) is 11.1 Å². The molecule has 0 spiro atoms. The zero-order chi connectivity index (χ0) is 27.1. The zero-order valence-corrected chi connectivity index (χ0v) is 22.1. The maximum atomic E-state index is 13.6. The monoisotopic (exact) mass is 528 g/mol. The van der Waals surface area contributed by atoms with Crippen molar-refractivity contribution in [2.75, 3.05) is 19.5 Å². The summed E-state index contributed by atoms with van der Waals surface area (Å²) in [4.78, 5) is 40.4. The molecule has 1 aromatic heterocycles. The van der Waals surface area contributed by atoms with Crippen LogP contribution in [0.2, 0.25) is 5.02 Å². The number of halogens is 1. The van der Waals surface area contributed by atoms with Gasteiger partial charge in [0.1, 0.15) is 5.69 Å². The summed E-state index contributed by atoms with van der Waals surface area (Å²) >= 11 is 6.21. The van der Waals surface area contributed by atoms with Gasteiger partial charge in [-0.1, -0.05) is 59.1 Å². The van der Waals surface area contributed by atoms with Crippen LogP contribution in [-0.2, 0) is 14.3 Å². The standard InChI is InChI=1S/C30H25ClN2O5/c1-16-5-12-20(13-6-16)33-26(18-8-10-19(31)11-9-18)24(25(29(35)37-3)27(33)30(36)38-4)23-21-15-17(2)7-14-22(21)32-28(23)34/h5-15,23H,1-4H3,(H,32,34). The molecule has 4 aromatic rings. The smallest absolute Gasteiger partial charge is 0.355 e. The van der Waals surface area contributed by atoms with Crippen molar-refractivity contribution in [3.63, 3.8) is 0 Å². The van der Waals surface area contributed by atoms with E-state index in [4.69, 9.17) is 21.1 Å². The SMILES string of the molecule is COC(=O)c1c(C2C(=O)Nc3ccc(C)cc32)c(-c2ccc(Cl)cc2)n(-c2ccc(C)cc2)c1C(=O)OC. The number of esters is 2. The van der Waals surface area contributed by atoms with Crippen molar-refractivity contribution >= 4 is 35.1 Å². The van der Waals surface area contributed by atoms with E-state index in [-0.39, 0.29) is 17.2 Å². The molecule has 8 heteroatoms. The molecule has 192 valence electrons. The van der Waals surface area contributed by atoms with Gasteiger partial charge in [-0.25, -0.2) is 9.59 Å². The second-order valence-corrected chi connectivity index (χ2v) is 9.60. The molecule has 0 radical (unpaired) electrons. The molecule has 0 bridgehead atoms. The summed E-state index contributed by atoms with van der Waals surface area (Å²) in [7, 11) is 2.49. The second-order valence-electron chi connectivity index (χ2n) is 9.16. The number of amides is 1. The molecular weight excluding hydrogens is 504 g/mol. The number of carbonyl (C=O) groups excluding carboxylic acids is 3. The first-order valence-electron chi connectivity index (χ1n) is 11.9. The number of anilines is 1. The lowest BCUT2D eigenvalue weighted by Gasteiger charge is -2.17. The largest absolute Gasteiger partial charge is 0.465 e. The Kier molecular flexibility index (Phi) is 6.55. The molecule has 1 N–H and O–H groups in total. The number of fused-ring (bicyclic) bond motifs is 1. The predicted octanol–water partition coefficient (Wildman–Crippen LogP) is 6.07. The van der Waals surface area contributed by atoms with E-state index in [1.165, 1.54) is 14.2 Å². The number of benzene rings is 3. The minimum absolute atomic E-state index is 0.0284. The average molecular weight is 529 g/mol. The lowest BCUT2D eigenvalue weighted by Crippen LogP contribution is -2.18. The van der Waals surface area contributed by atoms with Gasteiger partial charge in [0.25, 0.3) is 0 Å². The highest BCUT2D eigenvalue weighted by Gasteiger charge is 2.42. The highest BCUT2D eigenvalue weighted by atomic mass is 35.5. The first-order chi connectivity index (χ1) is 18.2. The molecule has 5 rings (SSSR count). The molecule has 0 fully saturated rings. The summed E-state index contributed by atoms with van der Waals surface area (Å²) < 4.78 is 12.0. The Labute approximate surface area is 225 Å². The van der Waals surface area contributed by atoms with Crippen molar-refractivity contribution in [3.05, 3.63) is 105 Å². The Bertz CT molecular complexity index is 1590. The van der Waals surface area contributed by atoms with E-state index in [0.29, 0.717) is 38.8 Å². The average Bonchev–Trinajstić information content (AvgIpc) is 3.42. The Morgan fingerprint density at radius 1 is 0.868 bits per heavy atom. The highest BCUT2D eigenvalue weighted by molar-refractivity contribution is 6.30. The van der Waals surface area contributed by atoms with E-state index < -0.39 is 17.9 Å². The Hall–Kier alpha value is -4.36. The number of hydrogen-bond acceptors (Lipinski definition) is 5. The maximum absolute atomic E-state index is 13.6. The molecule has 0 saturated carbocycles. The Morgan fingerprint density at radius 3 is 2.13 bits per heavy atom. The van der Waals surface area contributed by atoms with Crippen LogP contribution >= 0.6 is 11.6 Å². The highest BCUT2D eigenvalue weighted by Crippen LogP contribution is 2.46. The molecule has 38 heavy (non-hydrogen) atoms. The van der Waals surface area contributed by atoms with Gasteiger partial charge < -0.3 is 19.4 Å². The van der Waals surface area contributed by atoms with E-state index >= 15 is 0 Å². The van der Waals surface area contributed by atoms with Crippen LogP contribution in [0.5, 0.6) is 0 Å². The molecule has 7 nitrogen and oxygen atoms in total. The molecule has 1 aliphatic heterocycles. The fraction of sp³-hybridized carbons (Fsp3) is 0.167. The van der Waals surface area contributed by atoms with Crippen LogP contribution in [0.15, 0.2) is 66.7 Å². The predicted molar refractivity (Wildman–Crippen MR) is 145 cm³/mol. The van der Waals surface area contributed by atoms with Crippen LogP contribution in [0.3, 0.4) is 0 Å². The quantitative estimate of drug-likeness (QED) is 0.318. The van der Waals surface area contributed by atoms with Gasteiger partial charge >= 0.3 is 11.9 Å². The number of hydrogen-bond donors (Lipinski definition) is 1. The zero-order valence-electron chi connectivity index (χ0n) is 21.3. The Balaban J connectivity index is 1.98. The topological polar surface area (TPSA) is 86.6 Å². The molecule has 0 aliphatic carbocycles. The minimum atomic E-state index is -0.889. The fourth-order valence-electron chi connectivity index (χ4n) is 4.98. The molecule has 3 aromatic carbocycles. The number of carbonyl (C=O) groups is 3. The molecule has 2 heterocycles. The maximum Gasteiger partial charge on any atom is 0.355 e. The number of aromatic nitrogens is 1. The van der Waals surface area contributed by atoms with Crippen molar-refractivity contribution in [2.45, 2.75) is 19.8 Å². The van der Waals surface area contributed by atoms with Gasteiger partial charge in [-0.15, -0.1) is 0 Å². The summed E-state index contributed by atoms with van der Waals surface area (Å²) in [5, 5.41) is 3.44. The van der Waals surface area contributed by atoms with E-state index in [1.807, 2.05) is 56.3 Å². The number of ether oxygens (including phenoxy) is 2. The van der Waals surface area contributed by atoms with Crippen LogP contribution in [0.4, 0.5) is 5.69 Å². The first kappa shape index (κ1) is 25.3. The summed E-state index contributed by atoms with van der Waals surface area (Å²) in [6.45, 7) is 3.88. The summed E-state index contributed by atoms with van der Waals surface area (Å²) in [5.41, 5.74) is 5.35. The first-order valence-corrected chi connectivity index (χ1v) is 12.3. The van der Waals surface area contributed by atoms with Crippen LogP contribution in [0.25, 0.3) is 16.9 Å². The molecule has 0 saturated heterocycles. The van der Waals surface area contributed by atoms with Crippen LogP contribution < -0.4 is 5.32 Å². The normalized spacial score (nSPS) is 14.1. The lowest BCUT2D eigenvalue weighted by molar-refractivity contribution is -0.116. The van der Waals surface area contributed by atoms with Crippen molar-refractivity contribution in [2.24, 2.45) is 0 Å². The molecule has 1 atom stereocenters. The van der Waals surface area contributed by atoms with Crippen LogP contribution in [-0.4, -0.2) is 36.6 Å². The second kappa shape index (κ2) is 9.84. The van der Waals surface area contributed by atoms with Crippen molar-refractivity contribution in [3.8, 4) is 16.9 Å². The number of aryl methyl sites for hydroxylation is 2. The van der Waals surface area contributed by atoms with Crippen molar-refractivity contribution < 1.29 is 23.9 Å². The van der Waals surface area contributed by atoms with E-state index in [2.05, 4.69) is 5.32 Å². The molecule has 1 aliphatic rings. The van der Waals surface area contributed by atoms with Gasteiger partial charge in [0.2, 0.25) is 5.91 Å². The number of methoxy groups -OCH3 is 2. The lowest BCUT2D eigenvalue weighted by atomic mass is 9.87. The number of rotatable bonds is 5. The van der Waals surface area contributed by atoms with Gasteiger partial charge in [0.15, 0.2) is 0 Å². The van der Waals surface area contributed by atoms with Crippen molar-refractivity contribution in [1.29, 1.82) is 0 Å². The van der Waals surface area contributed by atoms with Gasteiger partial charge in [0, 0.05) is 22.0 Å². The Morgan fingerprint density at radius 2 is 1.50 bits per heavy atom. The van der Waals surface area contributed by atoms with Gasteiger partial charge in [-0.2, -0.15) is 0 Å². The minimum Gasteiger partial charge on any atom is -0.465 e. The third-order valence-electron chi connectivity index (χ3n) is 6.71.